The summed E-state index contributed by atoms with van der Waals surface area (Å²) in [5, 5.41) is 0. The predicted molar refractivity (Wildman–Crippen MR) is 75.0 cm³/mol. The quantitative estimate of drug-likeness (QED) is 0.371. The lowest BCUT2D eigenvalue weighted by molar-refractivity contribution is 0.493. The molecule has 0 aliphatic heterocycles. The second-order valence-corrected chi connectivity index (χ2v) is 3.77. The molecular formula is C14H18FN3O. The van der Waals surface area contributed by atoms with Crippen LogP contribution in [-0.4, -0.2) is 5.90 Å². The minimum Gasteiger partial charge on any atom is -0.436 e. The fourth-order valence-electron chi connectivity index (χ4n) is 1.16. The van der Waals surface area contributed by atoms with Gasteiger partial charge in [0.25, 0.3) is 0 Å². The van der Waals surface area contributed by atoms with Gasteiger partial charge in [-0.2, -0.15) is 0 Å². The fourth-order valence-corrected chi connectivity index (χ4v) is 1.16. The summed E-state index contributed by atoms with van der Waals surface area (Å²) in [6.45, 7) is 3.74. The summed E-state index contributed by atoms with van der Waals surface area (Å²) in [4.78, 5) is 4.10. The first kappa shape index (κ1) is 14.9. The van der Waals surface area contributed by atoms with Crippen LogP contribution in [0.2, 0.25) is 0 Å². The van der Waals surface area contributed by atoms with Gasteiger partial charge in [0.15, 0.2) is 11.6 Å². The summed E-state index contributed by atoms with van der Waals surface area (Å²) in [7, 11) is 0. The Morgan fingerprint density at radius 1 is 1.47 bits per heavy atom. The maximum Gasteiger partial charge on any atom is 0.219 e. The third-order valence-electron chi connectivity index (χ3n) is 2.16. The number of aliphatic imine (C=N–C) groups is 1. The van der Waals surface area contributed by atoms with Crippen LogP contribution in [0.3, 0.4) is 0 Å². The van der Waals surface area contributed by atoms with Gasteiger partial charge in [0.2, 0.25) is 5.90 Å². The number of ether oxygens (including phenoxy) is 1. The summed E-state index contributed by atoms with van der Waals surface area (Å²) in [5.41, 5.74) is 3.12. The first-order chi connectivity index (χ1) is 9.17. The topological polar surface area (TPSA) is 59.6 Å². The molecule has 0 aromatic heterocycles. The van der Waals surface area contributed by atoms with Crippen molar-refractivity contribution in [3.8, 4) is 5.75 Å². The second-order valence-electron chi connectivity index (χ2n) is 3.77. The number of nitrogens with one attached hydrogen (secondary N) is 1. The van der Waals surface area contributed by atoms with Gasteiger partial charge >= 0.3 is 0 Å². The highest BCUT2D eigenvalue weighted by atomic mass is 19.1. The molecule has 0 aliphatic rings. The second kappa shape index (κ2) is 8.05. The summed E-state index contributed by atoms with van der Waals surface area (Å²) < 4.78 is 18.9. The van der Waals surface area contributed by atoms with Gasteiger partial charge in [0, 0.05) is 5.70 Å². The molecule has 0 heterocycles. The number of hydrogen-bond donors (Lipinski definition) is 2. The molecule has 1 rings (SSSR count). The highest BCUT2D eigenvalue weighted by Gasteiger charge is 2.04. The average molecular weight is 263 g/mol. The number of nitrogens with zero attached hydrogens (tertiary/aromatic N) is 1. The van der Waals surface area contributed by atoms with Gasteiger partial charge in [0.05, 0.1) is 6.20 Å². The van der Waals surface area contributed by atoms with Crippen LogP contribution in [0, 0.1) is 5.82 Å². The van der Waals surface area contributed by atoms with Crippen LogP contribution in [0.1, 0.15) is 20.3 Å². The zero-order chi connectivity index (χ0) is 14.1. The van der Waals surface area contributed by atoms with Crippen molar-refractivity contribution in [2.75, 3.05) is 0 Å². The van der Waals surface area contributed by atoms with E-state index in [1.54, 1.807) is 31.2 Å². The summed E-state index contributed by atoms with van der Waals surface area (Å²) in [5.74, 6) is 5.22. The van der Waals surface area contributed by atoms with Crippen LogP contribution in [0.15, 0.2) is 53.3 Å². The Hall–Kier alpha value is -2.14. The van der Waals surface area contributed by atoms with Gasteiger partial charge in [-0.3, -0.25) is 5.84 Å². The molecule has 0 spiro atoms. The van der Waals surface area contributed by atoms with E-state index in [-0.39, 0.29) is 5.75 Å². The first-order valence-electron chi connectivity index (χ1n) is 5.97. The molecule has 102 valence electrons. The Bertz CT molecular complexity index is 495. The van der Waals surface area contributed by atoms with Crippen molar-refractivity contribution in [3.63, 3.8) is 0 Å². The molecule has 1 aromatic carbocycles. The van der Waals surface area contributed by atoms with E-state index < -0.39 is 5.82 Å². The molecule has 0 aliphatic carbocycles. The number of allylic oxidation sites excluding steroid dienone is 2. The fraction of sp³-hybridized carbons (Fsp3) is 0.214. The van der Waals surface area contributed by atoms with Crippen LogP contribution in [0.25, 0.3) is 0 Å². The highest BCUT2D eigenvalue weighted by Crippen LogP contribution is 2.16. The molecule has 0 amide bonds. The molecule has 0 saturated carbocycles. The lowest BCUT2D eigenvalue weighted by atomic mass is 10.3. The molecule has 0 unspecified atom stereocenters. The van der Waals surface area contributed by atoms with Crippen LogP contribution in [0.4, 0.5) is 4.39 Å². The van der Waals surface area contributed by atoms with E-state index in [0.29, 0.717) is 11.6 Å². The van der Waals surface area contributed by atoms with Gasteiger partial charge in [-0.25, -0.2) is 9.38 Å². The minimum atomic E-state index is -0.433. The monoisotopic (exact) mass is 263 g/mol. The summed E-state index contributed by atoms with van der Waals surface area (Å²) in [6, 6.07) is 6.17. The van der Waals surface area contributed by atoms with E-state index in [0.717, 1.165) is 6.42 Å². The lowest BCUT2D eigenvalue weighted by Crippen LogP contribution is -2.18. The van der Waals surface area contributed by atoms with Crippen LogP contribution in [-0.2, 0) is 0 Å². The zero-order valence-electron chi connectivity index (χ0n) is 11.1. The zero-order valence-corrected chi connectivity index (χ0v) is 11.1. The number of benzene rings is 1. The molecule has 19 heavy (non-hydrogen) atoms. The van der Waals surface area contributed by atoms with Gasteiger partial charge in [0.1, 0.15) is 0 Å². The predicted octanol–water partition coefficient (Wildman–Crippen LogP) is 2.89. The summed E-state index contributed by atoms with van der Waals surface area (Å²) in [6.07, 6.45) is 5.90. The van der Waals surface area contributed by atoms with E-state index in [2.05, 4.69) is 10.4 Å². The molecule has 4 nitrogen and oxygen atoms in total. The Morgan fingerprint density at radius 3 is 2.84 bits per heavy atom. The Kier molecular flexibility index (Phi) is 6.32. The van der Waals surface area contributed by atoms with E-state index >= 15 is 0 Å². The molecule has 0 saturated heterocycles. The number of hydrogen-bond acceptors (Lipinski definition) is 4. The smallest absolute Gasteiger partial charge is 0.219 e. The van der Waals surface area contributed by atoms with E-state index in [1.165, 1.54) is 12.3 Å². The average Bonchev–Trinajstić information content (AvgIpc) is 2.43. The number of halogens is 1. The minimum absolute atomic E-state index is 0.133. The molecule has 0 atom stereocenters. The van der Waals surface area contributed by atoms with Crippen molar-refractivity contribution in [2.24, 2.45) is 10.8 Å². The molecule has 0 fully saturated rings. The number of nitrogens with two attached hydrogens (primary N) is 1. The number of rotatable bonds is 5. The first-order valence-corrected chi connectivity index (χ1v) is 5.97. The molecule has 0 radical (unpaired) electrons. The van der Waals surface area contributed by atoms with Gasteiger partial charge in [-0.05, 0) is 31.6 Å². The molecule has 3 N–H and O–H groups in total. The van der Waals surface area contributed by atoms with Gasteiger partial charge in [-0.15, -0.1) is 0 Å². The van der Waals surface area contributed by atoms with Crippen LogP contribution >= 0.6 is 0 Å². The van der Waals surface area contributed by atoms with Crippen molar-refractivity contribution >= 4 is 5.90 Å². The number of para-hydroxylation sites is 1. The SMILES string of the molecule is CC/C=C/C(=N/C=C(\C)NN)Oc1ccccc1F. The van der Waals surface area contributed by atoms with Crippen molar-refractivity contribution in [2.45, 2.75) is 20.3 Å². The third kappa shape index (κ3) is 5.35. The molecule has 5 heteroatoms. The van der Waals surface area contributed by atoms with Gasteiger partial charge < -0.3 is 10.2 Å². The summed E-state index contributed by atoms with van der Waals surface area (Å²) >= 11 is 0. The van der Waals surface area contributed by atoms with Crippen molar-refractivity contribution < 1.29 is 9.13 Å². The van der Waals surface area contributed by atoms with Gasteiger partial charge in [-0.1, -0.05) is 25.1 Å². The van der Waals surface area contributed by atoms with Crippen molar-refractivity contribution in [1.29, 1.82) is 0 Å². The van der Waals surface area contributed by atoms with Crippen molar-refractivity contribution in [1.82, 2.24) is 5.43 Å². The Labute approximate surface area is 112 Å². The molecule has 0 bridgehead atoms. The standard InChI is InChI=1S/C14H18FN3O/c1-3-4-9-14(17-10-11(2)18-16)19-13-8-6-5-7-12(13)15/h4-10,18H,3,16H2,1-2H3/b9-4+,11-10+,17-14-. The van der Waals surface area contributed by atoms with E-state index in [1.807, 2.05) is 13.0 Å². The maximum absolute atomic E-state index is 13.5. The lowest BCUT2D eigenvalue weighted by Gasteiger charge is -2.05. The van der Waals surface area contributed by atoms with Crippen molar-refractivity contribution in [3.05, 3.63) is 54.1 Å². The number of hydrazine groups is 1. The van der Waals surface area contributed by atoms with Crippen LogP contribution in [0.5, 0.6) is 5.75 Å². The molecular weight excluding hydrogens is 245 g/mol. The van der Waals surface area contributed by atoms with E-state index in [9.17, 15) is 4.39 Å². The van der Waals surface area contributed by atoms with Crippen LogP contribution < -0.4 is 16.0 Å². The highest BCUT2D eigenvalue weighted by molar-refractivity contribution is 5.89. The molecule has 1 aromatic rings. The van der Waals surface area contributed by atoms with E-state index in [4.69, 9.17) is 10.6 Å². The normalized spacial score (nSPS) is 12.8. The Balaban J connectivity index is 2.93. The maximum atomic E-state index is 13.5. The largest absolute Gasteiger partial charge is 0.436 e. The third-order valence-corrected chi connectivity index (χ3v) is 2.16. The Morgan fingerprint density at radius 2 is 2.21 bits per heavy atom.